The quantitative estimate of drug-likeness (QED) is 0.839. The van der Waals surface area contributed by atoms with E-state index in [-0.39, 0.29) is 35.9 Å². The molecule has 0 radical (unpaired) electrons. The van der Waals surface area contributed by atoms with Crippen molar-refractivity contribution in [3.8, 4) is 0 Å². The van der Waals surface area contributed by atoms with E-state index < -0.39 is 5.54 Å². The Morgan fingerprint density at radius 2 is 1.86 bits per heavy atom. The lowest BCUT2D eigenvalue weighted by Crippen LogP contribution is -2.73. The maximum Gasteiger partial charge on any atom is 0.249 e. The number of carbonyl (C=O) groups excluding carboxylic acids is 2. The predicted octanol–water partition coefficient (Wildman–Crippen LogP) is 1.46. The number of nitrogens with zero attached hydrogens (tertiary/aromatic N) is 1. The van der Waals surface area contributed by atoms with Crippen LogP contribution in [0.15, 0.2) is 0 Å². The van der Waals surface area contributed by atoms with Gasteiger partial charge in [0.2, 0.25) is 11.8 Å². The fraction of sp³-hybridized carbons (Fsp3) is 0.875. The Morgan fingerprint density at radius 3 is 2.43 bits per heavy atom. The second-order valence-electron chi connectivity index (χ2n) is 7.42. The first-order valence-corrected chi connectivity index (χ1v) is 8.05. The summed E-state index contributed by atoms with van der Waals surface area (Å²) in [4.78, 5) is 27.0. The number of ether oxygens (including phenoxy) is 1. The van der Waals surface area contributed by atoms with Gasteiger partial charge in [-0.1, -0.05) is 33.1 Å². The Labute approximate surface area is 126 Å². The van der Waals surface area contributed by atoms with Crippen molar-refractivity contribution >= 4 is 11.8 Å². The summed E-state index contributed by atoms with van der Waals surface area (Å²) < 4.78 is 5.48. The summed E-state index contributed by atoms with van der Waals surface area (Å²) in [5.41, 5.74) is -0.709. The average Bonchev–Trinajstić information content (AvgIpc) is 2.44. The molecule has 5 nitrogen and oxygen atoms in total. The summed E-state index contributed by atoms with van der Waals surface area (Å²) in [5.74, 6) is 0.127. The van der Waals surface area contributed by atoms with Crippen molar-refractivity contribution in [3.05, 3.63) is 0 Å². The maximum atomic E-state index is 13.0. The molecule has 1 spiro atoms. The fourth-order valence-electron chi connectivity index (χ4n) is 4.40. The van der Waals surface area contributed by atoms with Crippen LogP contribution in [0.4, 0.5) is 0 Å². The lowest BCUT2D eigenvalue weighted by Gasteiger charge is -2.58. The third-order valence-corrected chi connectivity index (χ3v) is 5.86. The number of methoxy groups -OCH3 is 1. The van der Waals surface area contributed by atoms with Crippen LogP contribution in [0.2, 0.25) is 0 Å². The minimum atomic E-state index is -0.623. The number of hydrogen-bond donors (Lipinski definition) is 1. The molecule has 118 valence electrons. The van der Waals surface area contributed by atoms with Crippen LogP contribution in [0.3, 0.4) is 0 Å². The van der Waals surface area contributed by atoms with Crippen molar-refractivity contribution in [3.63, 3.8) is 0 Å². The van der Waals surface area contributed by atoms with Gasteiger partial charge in [-0.2, -0.15) is 0 Å². The Balaban J connectivity index is 1.82. The zero-order chi connectivity index (χ0) is 15.3. The van der Waals surface area contributed by atoms with Crippen LogP contribution in [-0.4, -0.2) is 48.1 Å². The molecule has 2 saturated carbocycles. The number of hydrogen-bond acceptors (Lipinski definition) is 3. The average molecular weight is 294 g/mol. The van der Waals surface area contributed by atoms with E-state index in [1.807, 2.05) is 4.90 Å². The van der Waals surface area contributed by atoms with Gasteiger partial charge in [-0.3, -0.25) is 9.59 Å². The standard InChI is InChI=1S/C16H26N2O3/c1-15(2)11(9-12(15)21-3)18-10-13(19)17-16(14(18)20)7-5-4-6-8-16/h11-12H,4-10H2,1-3H3,(H,17,19). The summed E-state index contributed by atoms with van der Waals surface area (Å²) in [6.07, 6.45) is 5.78. The van der Waals surface area contributed by atoms with Gasteiger partial charge in [-0.05, 0) is 19.3 Å². The van der Waals surface area contributed by atoms with Gasteiger partial charge in [0.05, 0.1) is 12.6 Å². The lowest BCUT2D eigenvalue weighted by atomic mass is 9.63. The molecule has 1 saturated heterocycles. The van der Waals surface area contributed by atoms with Gasteiger partial charge in [0.15, 0.2) is 0 Å². The highest BCUT2D eigenvalue weighted by Crippen LogP contribution is 2.47. The Kier molecular flexibility index (Phi) is 3.51. The normalized spacial score (nSPS) is 34.5. The van der Waals surface area contributed by atoms with Crippen molar-refractivity contribution in [2.75, 3.05) is 13.7 Å². The molecule has 0 aromatic carbocycles. The van der Waals surface area contributed by atoms with E-state index in [2.05, 4.69) is 19.2 Å². The zero-order valence-corrected chi connectivity index (χ0v) is 13.3. The van der Waals surface area contributed by atoms with Crippen LogP contribution in [0.1, 0.15) is 52.4 Å². The van der Waals surface area contributed by atoms with E-state index in [4.69, 9.17) is 4.74 Å². The van der Waals surface area contributed by atoms with E-state index in [0.29, 0.717) is 0 Å². The van der Waals surface area contributed by atoms with Gasteiger partial charge in [-0.25, -0.2) is 0 Å². The SMILES string of the molecule is COC1CC(N2CC(=O)NC3(CCCCC3)C2=O)C1(C)C. The topological polar surface area (TPSA) is 58.6 Å². The molecule has 21 heavy (non-hydrogen) atoms. The van der Waals surface area contributed by atoms with Crippen molar-refractivity contribution in [1.82, 2.24) is 10.2 Å². The lowest BCUT2D eigenvalue weighted by molar-refractivity contribution is -0.177. The molecule has 3 aliphatic rings. The summed E-state index contributed by atoms with van der Waals surface area (Å²) in [6.45, 7) is 4.45. The third-order valence-electron chi connectivity index (χ3n) is 5.86. The second-order valence-corrected chi connectivity index (χ2v) is 7.42. The van der Waals surface area contributed by atoms with E-state index in [9.17, 15) is 9.59 Å². The zero-order valence-electron chi connectivity index (χ0n) is 13.3. The van der Waals surface area contributed by atoms with Gasteiger partial charge in [0, 0.05) is 18.6 Å². The molecule has 0 bridgehead atoms. The molecule has 1 N–H and O–H groups in total. The Morgan fingerprint density at radius 1 is 1.19 bits per heavy atom. The van der Waals surface area contributed by atoms with Gasteiger partial charge >= 0.3 is 0 Å². The van der Waals surface area contributed by atoms with E-state index in [1.165, 1.54) is 0 Å². The van der Waals surface area contributed by atoms with Crippen LogP contribution in [-0.2, 0) is 14.3 Å². The maximum absolute atomic E-state index is 13.0. The van der Waals surface area contributed by atoms with Crippen molar-refractivity contribution < 1.29 is 14.3 Å². The minimum Gasteiger partial charge on any atom is -0.381 e. The highest BCUT2D eigenvalue weighted by Gasteiger charge is 2.57. The smallest absolute Gasteiger partial charge is 0.249 e. The first kappa shape index (κ1) is 14.8. The van der Waals surface area contributed by atoms with Crippen molar-refractivity contribution in [2.45, 2.75) is 70.1 Å². The first-order chi connectivity index (χ1) is 9.90. The monoisotopic (exact) mass is 294 g/mol. The molecule has 2 atom stereocenters. The first-order valence-electron chi connectivity index (χ1n) is 8.05. The molecule has 1 aliphatic heterocycles. The summed E-state index contributed by atoms with van der Waals surface area (Å²) in [5, 5.41) is 3.01. The number of amides is 2. The van der Waals surface area contributed by atoms with Crippen LogP contribution in [0.5, 0.6) is 0 Å². The summed E-state index contributed by atoms with van der Waals surface area (Å²) >= 11 is 0. The predicted molar refractivity (Wildman–Crippen MR) is 78.7 cm³/mol. The van der Waals surface area contributed by atoms with Gasteiger partial charge in [0.1, 0.15) is 5.54 Å². The van der Waals surface area contributed by atoms with Crippen molar-refractivity contribution in [2.24, 2.45) is 5.41 Å². The van der Waals surface area contributed by atoms with Crippen LogP contribution < -0.4 is 5.32 Å². The van der Waals surface area contributed by atoms with Gasteiger partial charge in [0.25, 0.3) is 0 Å². The molecule has 3 rings (SSSR count). The van der Waals surface area contributed by atoms with Crippen molar-refractivity contribution in [1.29, 1.82) is 0 Å². The fourth-order valence-corrected chi connectivity index (χ4v) is 4.40. The van der Waals surface area contributed by atoms with E-state index >= 15 is 0 Å². The molecule has 1 heterocycles. The highest BCUT2D eigenvalue weighted by atomic mass is 16.5. The molecule has 3 fully saturated rings. The number of carbonyl (C=O) groups is 2. The second kappa shape index (κ2) is 4.97. The van der Waals surface area contributed by atoms with E-state index in [0.717, 1.165) is 38.5 Å². The molecule has 0 aromatic heterocycles. The van der Waals surface area contributed by atoms with Crippen LogP contribution in [0, 0.1) is 5.41 Å². The molecule has 0 aromatic rings. The van der Waals surface area contributed by atoms with E-state index in [1.54, 1.807) is 7.11 Å². The van der Waals surface area contributed by atoms with Crippen LogP contribution >= 0.6 is 0 Å². The summed E-state index contributed by atoms with van der Waals surface area (Å²) in [6, 6.07) is 0.111. The molecule has 2 amide bonds. The largest absolute Gasteiger partial charge is 0.381 e. The molecule has 2 aliphatic carbocycles. The van der Waals surface area contributed by atoms with Gasteiger partial charge < -0.3 is 15.0 Å². The number of piperazine rings is 1. The third kappa shape index (κ3) is 2.17. The van der Waals surface area contributed by atoms with Gasteiger partial charge in [-0.15, -0.1) is 0 Å². The number of nitrogens with one attached hydrogen (secondary N) is 1. The Bertz CT molecular complexity index is 454. The van der Waals surface area contributed by atoms with Crippen LogP contribution in [0.25, 0.3) is 0 Å². The highest BCUT2D eigenvalue weighted by molar-refractivity contribution is 5.98. The molecular formula is C16H26N2O3. The Hall–Kier alpha value is -1.10. The number of rotatable bonds is 2. The molecule has 2 unspecified atom stereocenters. The summed E-state index contributed by atoms with van der Waals surface area (Å²) in [7, 11) is 1.72. The molecular weight excluding hydrogens is 268 g/mol. The molecule has 5 heteroatoms. The minimum absolute atomic E-state index is 0.00633.